The summed E-state index contributed by atoms with van der Waals surface area (Å²) in [5, 5.41) is -0.849. The van der Waals surface area contributed by atoms with Crippen molar-refractivity contribution in [3.8, 4) is 0 Å². The second-order valence-electron chi connectivity index (χ2n) is 4.45. The van der Waals surface area contributed by atoms with Gasteiger partial charge in [-0.1, -0.05) is 30.3 Å². The molecule has 0 aromatic heterocycles. The van der Waals surface area contributed by atoms with Crippen molar-refractivity contribution >= 4 is 19.7 Å². The van der Waals surface area contributed by atoms with Gasteiger partial charge in [0.15, 0.2) is 23.8 Å². The Balaban J connectivity index is 2.80. The number of hydrogen-bond donors (Lipinski definition) is 0. The SMILES string of the molecule is CC1CS(=O)(=O)C(C)(c2ccccc2)S1(=O)=O. The Morgan fingerprint density at radius 2 is 1.65 bits per heavy atom. The molecule has 1 aliphatic rings. The lowest BCUT2D eigenvalue weighted by molar-refractivity contribution is 0.563. The van der Waals surface area contributed by atoms with Crippen molar-refractivity contribution in [2.24, 2.45) is 0 Å². The van der Waals surface area contributed by atoms with Crippen LogP contribution in [-0.4, -0.2) is 27.8 Å². The van der Waals surface area contributed by atoms with E-state index in [-0.39, 0.29) is 5.75 Å². The molecule has 1 aromatic carbocycles. The normalized spacial score (nSPS) is 34.6. The van der Waals surface area contributed by atoms with Crippen LogP contribution in [0.3, 0.4) is 0 Å². The molecule has 0 N–H and O–H groups in total. The maximum Gasteiger partial charge on any atom is 0.195 e. The van der Waals surface area contributed by atoms with E-state index >= 15 is 0 Å². The Labute approximate surface area is 102 Å². The molecule has 1 aliphatic heterocycles. The van der Waals surface area contributed by atoms with E-state index < -0.39 is 29.0 Å². The van der Waals surface area contributed by atoms with Crippen LogP contribution < -0.4 is 0 Å². The van der Waals surface area contributed by atoms with Gasteiger partial charge in [-0.25, -0.2) is 16.8 Å². The highest BCUT2D eigenvalue weighted by Gasteiger charge is 2.60. The van der Waals surface area contributed by atoms with E-state index in [0.717, 1.165) is 0 Å². The minimum absolute atomic E-state index is 0.305. The van der Waals surface area contributed by atoms with Gasteiger partial charge in [0.1, 0.15) is 0 Å². The highest BCUT2D eigenvalue weighted by atomic mass is 32.3. The summed E-state index contributed by atoms with van der Waals surface area (Å²) in [5.41, 5.74) is 0.323. The van der Waals surface area contributed by atoms with Crippen LogP contribution in [-0.2, 0) is 23.8 Å². The molecule has 0 radical (unpaired) electrons. The number of hydrogen-bond acceptors (Lipinski definition) is 4. The van der Waals surface area contributed by atoms with Gasteiger partial charge >= 0.3 is 0 Å². The van der Waals surface area contributed by atoms with Gasteiger partial charge in [-0.05, 0) is 19.4 Å². The second-order valence-corrected chi connectivity index (χ2v) is 9.80. The lowest BCUT2D eigenvalue weighted by Crippen LogP contribution is -2.35. The van der Waals surface area contributed by atoms with Crippen LogP contribution in [0.15, 0.2) is 30.3 Å². The average Bonchev–Trinajstić information content (AvgIpc) is 2.38. The van der Waals surface area contributed by atoms with E-state index in [0.29, 0.717) is 5.56 Å². The molecule has 0 amide bonds. The molecule has 1 heterocycles. The Bertz CT molecular complexity index is 631. The van der Waals surface area contributed by atoms with Crippen molar-refractivity contribution in [1.82, 2.24) is 0 Å². The highest BCUT2D eigenvalue weighted by Crippen LogP contribution is 2.44. The third-order valence-corrected chi connectivity index (χ3v) is 10.00. The summed E-state index contributed by atoms with van der Waals surface area (Å²) in [5.74, 6) is -0.305. The predicted molar refractivity (Wildman–Crippen MR) is 66.0 cm³/mol. The third-order valence-electron chi connectivity index (χ3n) is 3.42. The lowest BCUT2D eigenvalue weighted by atomic mass is 10.2. The van der Waals surface area contributed by atoms with E-state index in [2.05, 4.69) is 0 Å². The van der Waals surface area contributed by atoms with E-state index in [9.17, 15) is 16.8 Å². The first-order valence-electron chi connectivity index (χ1n) is 5.25. The number of sulfone groups is 2. The van der Waals surface area contributed by atoms with Gasteiger partial charge in [0, 0.05) is 0 Å². The smallest absolute Gasteiger partial charge is 0.195 e. The van der Waals surface area contributed by atoms with Gasteiger partial charge in [0.05, 0.1) is 11.0 Å². The van der Waals surface area contributed by atoms with Gasteiger partial charge in [-0.2, -0.15) is 0 Å². The second kappa shape index (κ2) is 3.55. The molecule has 6 heteroatoms. The zero-order valence-corrected chi connectivity index (χ0v) is 11.3. The van der Waals surface area contributed by atoms with Crippen LogP contribution in [0.5, 0.6) is 0 Å². The Kier molecular flexibility index (Phi) is 2.63. The van der Waals surface area contributed by atoms with Crippen LogP contribution in [0.1, 0.15) is 19.4 Å². The van der Waals surface area contributed by atoms with Gasteiger partial charge < -0.3 is 0 Å². The summed E-state index contributed by atoms with van der Waals surface area (Å²) in [4.78, 5) is 0. The van der Waals surface area contributed by atoms with Gasteiger partial charge in [0.2, 0.25) is 0 Å². The standard InChI is InChI=1S/C11H14O4S2/c1-9-8-16(12,13)11(2,17(9,14)15)10-6-4-3-5-7-10/h3-7,9H,8H2,1-2H3. The molecule has 2 unspecified atom stereocenters. The summed E-state index contributed by atoms with van der Waals surface area (Å²) < 4.78 is 47.0. The molecule has 1 saturated heterocycles. The monoisotopic (exact) mass is 274 g/mol. The van der Waals surface area contributed by atoms with Crippen molar-refractivity contribution in [1.29, 1.82) is 0 Å². The van der Waals surface area contributed by atoms with Gasteiger partial charge in [0.25, 0.3) is 0 Å². The maximum atomic E-state index is 12.3. The Morgan fingerprint density at radius 3 is 2.06 bits per heavy atom. The quantitative estimate of drug-likeness (QED) is 0.769. The summed E-state index contributed by atoms with van der Waals surface area (Å²) in [6.07, 6.45) is 0. The number of benzene rings is 1. The van der Waals surface area contributed by atoms with Crippen LogP contribution in [0.4, 0.5) is 0 Å². The molecule has 17 heavy (non-hydrogen) atoms. The fraction of sp³-hybridized carbons (Fsp3) is 0.455. The van der Waals surface area contributed by atoms with Crippen molar-refractivity contribution in [2.75, 3.05) is 5.75 Å². The summed E-state index contributed by atoms with van der Waals surface area (Å²) in [6, 6.07) is 8.12. The average molecular weight is 274 g/mol. The molecule has 0 bridgehead atoms. The van der Waals surface area contributed by atoms with Crippen molar-refractivity contribution in [3.63, 3.8) is 0 Å². The molecule has 2 rings (SSSR count). The minimum Gasteiger partial charge on any atom is -0.227 e. The van der Waals surface area contributed by atoms with E-state index in [1.54, 1.807) is 30.3 Å². The molecule has 4 nitrogen and oxygen atoms in total. The van der Waals surface area contributed by atoms with E-state index in [4.69, 9.17) is 0 Å². The topological polar surface area (TPSA) is 68.3 Å². The molecule has 2 atom stereocenters. The zero-order chi connectivity index (χ0) is 12.9. The largest absolute Gasteiger partial charge is 0.227 e. The predicted octanol–water partition coefficient (Wildman–Crippen LogP) is 1.09. The first-order chi connectivity index (χ1) is 7.73. The van der Waals surface area contributed by atoms with Gasteiger partial charge in [-0.15, -0.1) is 0 Å². The maximum absolute atomic E-state index is 12.3. The summed E-state index contributed by atoms with van der Waals surface area (Å²) in [7, 11) is -7.40. The minimum atomic E-state index is -3.71. The summed E-state index contributed by atoms with van der Waals surface area (Å²) in [6.45, 7) is 2.73. The Hall–Kier alpha value is -0.880. The lowest BCUT2D eigenvalue weighted by Gasteiger charge is -2.23. The van der Waals surface area contributed by atoms with E-state index in [1.165, 1.54) is 13.8 Å². The number of rotatable bonds is 1. The van der Waals surface area contributed by atoms with Crippen LogP contribution in [0.25, 0.3) is 0 Å². The van der Waals surface area contributed by atoms with Crippen molar-refractivity contribution < 1.29 is 16.8 Å². The first kappa shape index (κ1) is 12.6. The Morgan fingerprint density at radius 1 is 1.12 bits per heavy atom. The first-order valence-corrected chi connectivity index (χ1v) is 8.44. The van der Waals surface area contributed by atoms with Crippen molar-refractivity contribution in [3.05, 3.63) is 35.9 Å². The molecule has 0 spiro atoms. The van der Waals surface area contributed by atoms with Crippen LogP contribution >= 0.6 is 0 Å². The molecular weight excluding hydrogens is 260 g/mol. The molecule has 0 saturated carbocycles. The van der Waals surface area contributed by atoms with Crippen LogP contribution in [0, 0.1) is 0 Å². The molecule has 0 aliphatic carbocycles. The molecule has 1 fully saturated rings. The fourth-order valence-electron chi connectivity index (χ4n) is 2.20. The van der Waals surface area contributed by atoms with Gasteiger partial charge in [-0.3, -0.25) is 0 Å². The molecule has 94 valence electrons. The molecular formula is C11H14O4S2. The van der Waals surface area contributed by atoms with Crippen molar-refractivity contribution in [2.45, 2.75) is 23.2 Å². The molecule has 1 aromatic rings. The van der Waals surface area contributed by atoms with Crippen LogP contribution in [0.2, 0.25) is 0 Å². The highest BCUT2D eigenvalue weighted by molar-refractivity contribution is 8.13. The van der Waals surface area contributed by atoms with E-state index in [1.807, 2.05) is 0 Å². The zero-order valence-electron chi connectivity index (χ0n) is 9.62. The fourth-order valence-corrected chi connectivity index (χ4v) is 8.23. The summed E-state index contributed by atoms with van der Waals surface area (Å²) >= 11 is 0. The third kappa shape index (κ3) is 1.47.